The molecule has 0 saturated carbocycles. The van der Waals surface area contributed by atoms with Crippen LogP contribution in [0.2, 0.25) is 0 Å². The Hall–Kier alpha value is -3.35. The van der Waals surface area contributed by atoms with Crippen molar-refractivity contribution in [2.45, 2.75) is 13.3 Å². The largest absolute Gasteiger partial charge is 0.495 e. The van der Waals surface area contributed by atoms with E-state index in [1.54, 1.807) is 48.5 Å². The Bertz CT molecular complexity index is 800. The lowest BCUT2D eigenvalue weighted by Gasteiger charge is -2.10. The topological polar surface area (TPSA) is 90.9 Å². The quantitative estimate of drug-likeness (QED) is 0.538. The molecule has 1 amide bonds. The van der Waals surface area contributed by atoms with Crippen LogP contribution >= 0.6 is 0 Å². The lowest BCUT2D eigenvalue weighted by atomic mass is 10.1. The maximum absolute atomic E-state index is 11.9. The summed E-state index contributed by atoms with van der Waals surface area (Å²) in [6.45, 7) is 1.19. The van der Waals surface area contributed by atoms with Gasteiger partial charge in [-0.15, -0.1) is 0 Å². The molecule has 1 N–H and O–H groups in total. The molecule has 0 spiro atoms. The van der Waals surface area contributed by atoms with Crippen molar-refractivity contribution in [2.75, 3.05) is 25.6 Å². The van der Waals surface area contributed by atoms with E-state index in [2.05, 4.69) is 5.32 Å². The summed E-state index contributed by atoms with van der Waals surface area (Å²) in [6.07, 6.45) is -0.00357. The number of ketones is 1. The summed E-state index contributed by atoms with van der Waals surface area (Å²) < 4.78 is 15.5. The van der Waals surface area contributed by atoms with Crippen LogP contribution in [0.15, 0.2) is 48.5 Å². The highest BCUT2D eigenvalue weighted by Gasteiger charge is 2.10. The van der Waals surface area contributed by atoms with E-state index in [1.807, 2.05) is 0 Å². The normalized spacial score (nSPS) is 10.0. The number of esters is 1. The fourth-order valence-electron chi connectivity index (χ4n) is 2.19. The molecule has 0 aliphatic carbocycles. The zero-order valence-electron chi connectivity index (χ0n) is 15.2. The number of benzene rings is 2. The van der Waals surface area contributed by atoms with Gasteiger partial charge in [0.2, 0.25) is 0 Å². The number of anilines is 1. The van der Waals surface area contributed by atoms with Crippen molar-refractivity contribution in [3.05, 3.63) is 54.1 Å². The SMILES string of the molecule is COc1ccccc1NC(=O)COC(=O)CCOc1ccc(C(C)=O)cc1. The number of rotatable bonds is 9. The van der Waals surface area contributed by atoms with E-state index in [0.29, 0.717) is 22.7 Å². The number of ether oxygens (including phenoxy) is 3. The third kappa shape index (κ3) is 6.47. The predicted molar refractivity (Wildman–Crippen MR) is 99.1 cm³/mol. The monoisotopic (exact) mass is 371 g/mol. The molecule has 0 heterocycles. The van der Waals surface area contributed by atoms with Crippen molar-refractivity contribution in [1.82, 2.24) is 0 Å². The minimum atomic E-state index is -0.550. The van der Waals surface area contributed by atoms with Gasteiger partial charge in [0.1, 0.15) is 11.5 Å². The number of hydrogen-bond donors (Lipinski definition) is 1. The molecular weight excluding hydrogens is 350 g/mol. The number of carbonyl (C=O) groups is 3. The molecule has 0 aliphatic rings. The molecule has 0 radical (unpaired) electrons. The Morgan fingerprint density at radius 2 is 1.70 bits per heavy atom. The number of carbonyl (C=O) groups excluding carboxylic acids is 3. The number of nitrogens with one attached hydrogen (secondary N) is 1. The van der Waals surface area contributed by atoms with E-state index in [0.717, 1.165) is 0 Å². The van der Waals surface area contributed by atoms with Gasteiger partial charge in [-0.3, -0.25) is 14.4 Å². The van der Waals surface area contributed by atoms with Crippen LogP contribution in [0.25, 0.3) is 0 Å². The number of Topliss-reactive ketones (excluding diaryl/α,β-unsaturated/α-hetero) is 1. The first-order chi connectivity index (χ1) is 13.0. The Morgan fingerprint density at radius 3 is 2.37 bits per heavy atom. The Morgan fingerprint density at radius 1 is 1.00 bits per heavy atom. The number of methoxy groups -OCH3 is 1. The first kappa shape index (κ1) is 20.0. The van der Waals surface area contributed by atoms with Crippen LogP contribution in [0.4, 0.5) is 5.69 Å². The van der Waals surface area contributed by atoms with Crippen molar-refractivity contribution in [1.29, 1.82) is 0 Å². The maximum atomic E-state index is 11.9. The smallest absolute Gasteiger partial charge is 0.309 e. The molecule has 2 rings (SSSR count). The minimum Gasteiger partial charge on any atom is -0.495 e. The predicted octanol–water partition coefficient (Wildman–Crippen LogP) is 2.85. The standard InChI is InChI=1S/C20H21NO6/c1-14(22)15-7-9-16(10-8-15)26-12-11-20(24)27-13-19(23)21-17-5-3-4-6-18(17)25-2/h3-10H,11-13H2,1-2H3,(H,21,23). The van der Waals surface area contributed by atoms with E-state index < -0.39 is 18.5 Å². The van der Waals surface area contributed by atoms with Crippen molar-refractivity contribution in [3.63, 3.8) is 0 Å². The third-order valence-corrected chi connectivity index (χ3v) is 3.58. The molecule has 0 bridgehead atoms. The Balaban J connectivity index is 1.69. The molecular formula is C20H21NO6. The zero-order valence-corrected chi connectivity index (χ0v) is 15.2. The van der Waals surface area contributed by atoms with Crippen molar-refractivity contribution < 1.29 is 28.6 Å². The lowest BCUT2D eigenvalue weighted by molar-refractivity contribution is -0.147. The maximum Gasteiger partial charge on any atom is 0.309 e. The van der Waals surface area contributed by atoms with Crippen LogP contribution in [-0.2, 0) is 14.3 Å². The zero-order chi connectivity index (χ0) is 19.6. The van der Waals surface area contributed by atoms with Gasteiger partial charge in [0.25, 0.3) is 5.91 Å². The summed E-state index contributed by atoms with van der Waals surface area (Å²) >= 11 is 0. The average Bonchev–Trinajstić information content (AvgIpc) is 2.67. The van der Waals surface area contributed by atoms with Crippen molar-refractivity contribution >= 4 is 23.3 Å². The molecule has 7 heteroatoms. The number of amides is 1. The molecule has 27 heavy (non-hydrogen) atoms. The first-order valence-electron chi connectivity index (χ1n) is 8.32. The highest BCUT2D eigenvalue weighted by Crippen LogP contribution is 2.22. The fourth-order valence-corrected chi connectivity index (χ4v) is 2.19. The van der Waals surface area contributed by atoms with E-state index >= 15 is 0 Å². The molecule has 0 unspecified atom stereocenters. The van der Waals surface area contributed by atoms with Gasteiger partial charge in [-0.05, 0) is 43.3 Å². The van der Waals surface area contributed by atoms with Gasteiger partial charge in [0.15, 0.2) is 12.4 Å². The second kappa shape index (κ2) is 9.96. The van der Waals surface area contributed by atoms with Crippen LogP contribution in [0.3, 0.4) is 0 Å². The van der Waals surface area contributed by atoms with Crippen LogP contribution in [0.5, 0.6) is 11.5 Å². The van der Waals surface area contributed by atoms with Crippen LogP contribution < -0.4 is 14.8 Å². The summed E-state index contributed by atoms with van der Waals surface area (Å²) in [5.74, 6) is 0.0127. The molecule has 0 aliphatic heterocycles. The van der Waals surface area contributed by atoms with Crippen LogP contribution in [0.1, 0.15) is 23.7 Å². The highest BCUT2D eigenvalue weighted by atomic mass is 16.5. The van der Waals surface area contributed by atoms with Gasteiger partial charge in [-0.25, -0.2) is 0 Å². The van der Waals surface area contributed by atoms with Gasteiger partial charge < -0.3 is 19.5 Å². The second-order valence-electron chi connectivity index (χ2n) is 5.59. The molecule has 0 aromatic heterocycles. The van der Waals surface area contributed by atoms with Gasteiger partial charge >= 0.3 is 5.97 Å². The third-order valence-electron chi connectivity index (χ3n) is 3.58. The summed E-state index contributed by atoms with van der Waals surface area (Å²) in [5.41, 5.74) is 1.08. The summed E-state index contributed by atoms with van der Waals surface area (Å²) in [7, 11) is 1.50. The highest BCUT2D eigenvalue weighted by molar-refractivity contribution is 5.94. The number of hydrogen-bond acceptors (Lipinski definition) is 6. The molecule has 0 atom stereocenters. The number of para-hydroxylation sites is 2. The van der Waals surface area contributed by atoms with Crippen molar-refractivity contribution in [2.24, 2.45) is 0 Å². The molecule has 2 aromatic rings. The average molecular weight is 371 g/mol. The van der Waals surface area contributed by atoms with E-state index in [1.165, 1.54) is 14.0 Å². The molecule has 142 valence electrons. The second-order valence-corrected chi connectivity index (χ2v) is 5.59. The van der Waals surface area contributed by atoms with Crippen LogP contribution in [-0.4, -0.2) is 38.0 Å². The van der Waals surface area contributed by atoms with Crippen LogP contribution in [0, 0.1) is 0 Å². The van der Waals surface area contributed by atoms with Gasteiger partial charge in [0.05, 0.1) is 25.8 Å². The lowest BCUT2D eigenvalue weighted by Crippen LogP contribution is -2.21. The van der Waals surface area contributed by atoms with E-state index in [9.17, 15) is 14.4 Å². The van der Waals surface area contributed by atoms with E-state index in [4.69, 9.17) is 14.2 Å². The van der Waals surface area contributed by atoms with E-state index in [-0.39, 0.29) is 18.8 Å². The first-order valence-corrected chi connectivity index (χ1v) is 8.32. The Kier molecular flexibility index (Phi) is 7.37. The Labute approximate surface area is 157 Å². The minimum absolute atomic E-state index is 0.00357. The fraction of sp³-hybridized carbons (Fsp3) is 0.250. The van der Waals surface area contributed by atoms with Gasteiger partial charge in [-0.1, -0.05) is 12.1 Å². The molecule has 2 aromatic carbocycles. The van der Waals surface area contributed by atoms with Gasteiger partial charge in [-0.2, -0.15) is 0 Å². The molecule has 7 nitrogen and oxygen atoms in total. The summed E-state index contributed by atoms with van der Waals surface area (Å²) in [5, 5.41) is 2.61. The molecule has 0 saturated heterocycles. The van der Waals surface area contributed by atoms with Gasteiger partial charge in [0, 0.05) is 5.56 Å². The van der Waals surface area contributed by atoms with Crippen molar-refractivity contribution in [3.8, 4) is 11.5 Å². The summed E-state index contributed by atoms with van der Waals surface area (Å²) in [6, 6.07) is 13.5. The summed E-state index contributed by atoms with van der Waals surface area (Å²) in [4.78, 5) is 34.8. The molecule has 0 fully saturated rings.